The third-order valence-electron chi connectivity index (χ3n) is 8.20. The molecule has 0 unspecified atom stereocenters. The fourth-order valence-electron chi connectivity index (χ4n) is 6.36. The highest BCUT2D eigenvalue weighted by Crippen LogP contribution is 2.41. The summed E-state index contributed by atoms with van der Waals surface area (Å²) in [7, 11) is 0. The molecule has 4 aromatic rings. The molecule has 7 nitrogen and oxygen atoms in total. The van der Waals surface area contributed by atoms with Gasteiger partial charge in [-0.05, 0) is 76.1 Å². The van der Waals surface area contributed by atoms with Gasteiger partial charge in [0.15, 0.2) is 11.5 Å². The van der Waals surface area contributed by atoms with Crippen molar-refractivity contribution in [1.29, 1.82) is 0 Å². The number of hydrogen-bond acceptors (Lipinski definition) is 5. The van der Waals surface area contributed by atoms with E-state index < -0.39 is 0 Å². The van der Waals surface area contributed by atoms with Crippen LogP contribution in [-0.2, 0) is 13.1 Å². The van der Waals surface area contributed by atoms with Gasteiger partial charge in [0.2, 0.25) is 6.79 Å². The van der Waals surface area contributed by atoms with Crippen molar-refractivity contribution < 1.29 is 9.47 Å². The largest absolute Gasteiger partial charge is 0.454 e. The molecule has 3 aliphatic rings. The Balaban J connectivity index is 1.47. The smallest absolute Gasteiger partial charge is 0.261 e. The van der Waals surface area contributed by atoms with Crippen LogP contribution in [-0.4, -0.2) is 65.0 Å². The molecule has 5 heterocycles. The highest BCUT2D eigenvalue weighted by Gasteiger charge is 2.25. The van der Waals surface area contributed by atoms with Gasteiger partial charge < -0.3 is 28.4 Å². The third-order valence-corrected chi connectivity index (χ3v) is 8.43. The summed E-state index contributed by atoms with van der Waals surface area (Å²) in [5.41, 5.74) is 2.97. The predicted molar refractivity (Wildman–Crippen MR) is 144 cm³/mol. The molecule has 2 aromatic carbocycles. The van der Waals surface area contributed by atoms with Crippen LogP contribution < -0.4 is 15.0 Å². The molecule has 0 saturated carbocycles. The summed E-state index contributed by atoms with van der Waals surface area (Å²) in [5, 5.41) is 3.42. The lowest BCUT2D eigenvalue weighted by molar-refractivity contribution is 0.174. The first-order valence-corrected chi connectivity index (χ1v) is 13.6. The summed E-state index contributed by atoms with van der Waals surface area (Å²) in [6.45, 7) is 8.00. The molecule has 2 fully saturated rings. The van der Waals surface area contributed by atoms with Gasteiger partial charge in [-0.1, -0.05) is 11.6 Å². The first-order valence-electron chi connectivity index (χ1n) is 13.2. The van der Waals surface area contributed by atoms with Crippen molar-refractivity contribution in [1.82, 2.24) is 18.9 Å². The van der Waals surface area contributed by atoms with Crippen molar-refractivity contribution in [3.8, 4) is 11.5 Å². The number of nitrogens with zero attached hydrogens (tertiary/aromatic N) is 4. The van der Waals surface area contributed by atoms with E-state index in [0.29, 0.717) is 17.3 Å². The number of fused-ring (bicyclic) bond motifs is 6. The molecular weight excluding hydrogens is 476 g/mol. The first kappa shape index (κ1) is 22.5. The monoisotopic (exact) mass is 506 g/mol. The Morgan fingerprint density at radius 3 is 2.03 bits per heavy atom. The van der Waals surface area contributed by atoms with Crippen LogP contribution in [0.1, 0.15) is 25.7 Å². The number of hydrogen-bond donors (Lipinski definition) is 0. The van der Waals surface area contributed by atoms with Crippen LogP contribution >= 0.6 is 11.6 Å². The number of aromatic nitrogens is 2. The summed E-state index contributed by atoms with van der Waals surface area (Å²) in [4.78, 5) is 19.2. The molecule has 36 heavy (non-hydrogen) atoms. The van der Waals surface area contributed by atoms with Gasteiger partial charge in [-0.3, -0.25) is 4.79 Å². The van der Waals surface area contributed by atoms with E-state index in [1.54, 1.807) is 0 Å². The van der Waals surface area contributed by atoms with Crippen molar-refractivity contribution in [2.45, 2.75) is 38.8 Å². The van der Waals surface area contributed by atoms with Crippen LogP contribution in [0.5, 0.6) is 11.5 Å². The number of benzene rings is 2. The summed E-state index contributed by atoms with van der Waals surface area (Å²) in [6.07, 6.45) is 4.99. The molecule has 3 aliphatic heterocycles. The lowest BCUT2D eigenvalue weighted by Crippen LogP contribution is -2.29. The second kappa shape index (κ2) is 8.98. The van der Waals surface area contributed by atoms with Crippen molar-refractivity contribution in [3.05, 3.63) is 45.7 Å². The normalized spacial score (nSPS) is 18.5. The van der Waals surface area contributed by atoms with E-state index >= 15 is 0 Å². The zero-order valence-corrected chi connectivity index (χ0v) is 21.2. The standard InChI is InChI=1S/C28H31ClN4O3/c29-19-5-6-20-22(15-19)33(14-12-31-9-3-4-10-31)28(34)26-21-16-24-25(36-18-35-24)17-23(21)32(27(20)26)13-11-30-7-1-2-8-30/h5-6,15-17H,1-4,7-14,18H2. The molecule has 0 N–H and O–H groups in total. The fraction of sp³-hybridized carbons (Fsp3) is 0.464. The minimum atomic E-state index is 0.0442. The molecule has 0 aliphatic carbocycles. The molecule has 8 heteroatoms. The molecule has 0 bridgehead atoms. The zero-order chi connectivity index (χ0) is 24.2. The SMILES string of the molecule is O=c1c2c3cc4c(cc3n(CCN3CCCC3)c2c2ccc(Cl)cc2n1CCN1CCCC1)OCO4. The van der Waals surface area contributed by atoms with Gasteiger partial charge in [-0.15, -0.1) is 0 Å². The van der Waals surface area contributed by atoms with E-state index in [4.69, 9.17) is 21.1 Å². The number of likely N-dealkylation sites (tertiary alicyclic amines) is 2. The molecule has 188 valence electrons. The van der Waals surface area contributed by atoms with Crippen LogP contribution in [0.15, 0.2) is 35.1 Å². The van der Waals surface area contributed by atoms with Crippen molar-refractivity contribution in [3.63, 3.8) is 0 Å². The Morgan fingerprint density at radius 1 is 0.722 bits per heavy atom. The van der Waals surface area contributed by atoms with Gasteiger partial charge >= 0.3 is 0 Å². The van der Waals surface area contributed by atoms with E-state index in [2.05, 4.69) is 26.5 Å². The van der Waals surface area contributed by atoms with Gasteiger partial charge in [0.1, 0.15) is 0 Å². The van der Waals surface area contributed by atoms with Gasteiger partial charge in [-0.25, -0.2) is 0 Å². The van der Waals surface area contributed by atoms with Gasteiger partial charge in [0.05, 0.1) is 21.9 Å². The van der Waals surface area contributed by atoms with E-state index in [1.807, 2.05) is 22.8 Å². The maximum absolute atomic E-state index is 14.3. The van der Waals surface area contributed by atoms with Crippen molar-refractivity contribution in [2.75, 3.05) is 46.1 Å². The minimum Gasteiger partial charge on any atom is -0.454 e. The Hall–Kier alpha value is -2.74. The molecule has 0 amide bonds. The topological polar surface area (TPSA) is 51.9 Å². The summed E-state index contributed by atoms with van der Waals surface area (Å²) in [5.74, 6) is 1.45. The average molecular weight is 507 g/mol. The Bertz CT molecular complexity index is 1530. The lowest BCUT2D eigenvalue weighted by atomic mass is 10.1. The minimum absolute atomic E-state index is 0.0442. The van der Waals surface area contributed by atoms with Crippen molar-refractivity contribution >= 4 is 44.3 Å². The third kappa shape index (κ3) is 3.67. The van der Waals surface area contributed by atoms with E-state index in [0.717, 1.165) is 84.3 Å². The zero-order valence-electron chi connectivity index (χ0n) is 20.5. The van der Waals surface area contributed by atoms with Gasteiger partial charge in [-0.2, -0.15) is 0 Å². The Morgan fingerprint density at radius 2 is 1.33 bits per heavy atom. The second-order valence-electron chi connectivity index (χ2n) is 10.3. The van der Waals surface area contributed by atoms with Crippen LogP contribution in [0.4, 0.5) is 0 Å². The van der Waals surface area contributed by atoms with E-state index in [9.17, 15) is 4.79 Å². The summed E-state index contributed by atoms with van der Waals surface area (Å²) >= 11 is 6.48. The highest BCUT2D eigenvalue weighted by molar-refractivity contribution is 6.31. The fourth-order valence-corrected chi connectivity index (χ4v) is 6.52. The molecule has 0 radical (unpaired) electrons. The Labute approximate surface area is 214 Å². The molecule has 0 spiro atoms. The summed E-state index contributed by atoms with van der Waals surface area (Å²) < 4.78 is 15.7. The molecule has 0 atom stereocenters. The Kier molecular flexibility index (Phi) is 5.60. The average Bonchev–Trinajstić information content (AvgIpc) is 3.68. The van der Waals surface area contributed by atoms with E-state index in [-0.39, 0.29) is 12.4 Å². The predicted octanol–water partition coefficient (Wildman–Crippen LogP) is 4.68. The van der Waals surface area contributed by atoms with Crippen LogP contribution in [0, 0.1) is 0 Å². The number of halogens is 1. The first-order chi connectivity index (χ1) is 17.7. The molecule has 2 aromatic heterocycles. The highest BCUT2D eigenvalue weighted by atomic mass is 35.5. The maximum atomic E-state index is 14.3. The quantitative estimate of drug-likeness (QED) is 0.380. The maximum Gasteiger partial charge on any atom is 0.261 e. The number of pyridine rings is 1. The van der Waals surface area contributed by atoms with Crippen LogP contribution in [0.2, 0.25) is 5.02 Å². The van der Waals surface area contributed by atoms with E-state index in [1.165, 1.54) is 25.7 Å². The van der Waals surface area contributed by atoms with Gasteiger partial charge in [0.25, 0.3) is 5.56 Å². The molecule has 7 rings (SSSR count). The molecular formula is C28H31ClN4O3. The summed E-state index contributed by atoms with van der Waals surface area (Å²) in [6, 6.07) is 10.0. The number of rotatable bonds is 6. The van der Waals surface area contributed by atoms with Crippen LogP contribution in [0.25, 0.3) is 32.7 Å². The molecule has 2 saturated heterocycles. The van der Waals surface area contributed by atoms with Crippen LogP contribution in [0.3, 0.4) is 0 Å². The van der Waals surface area contributed by atoms with Crippen molar-refractivity contribution in [2.24, 2.45) is 0 Å². The number of ether oxygens (including phenoxy) is 2. The second-order valence-corrected chi connectivity index (χ2v) is 10.8. The van der Waals surface area contributed by atoms with Gasteiger partial charge in [0, 0.05) is 48.0 Å². The lowest BCUT2D eigenvalue weighted by Gasteiger charge is -2.19.